The second-order valence-electron chi connectivity index (χ2n) is 14.5. The Balaban J connectivity index is 1.79. The van der Waals surface area contributed by atoms with Crippen molar-refractivity contribution in [2.45, 2.75) is 72.8 Å². The molecular formula is C50H52Cl4N2O4. The fourth-order valence-electron chi connectivity index (χ4n) is 7.45. The first-order valence-corrected chi connectivity index (χ1v) is 22.3. The van der Waals surface area contributed by atoms with Gasteiger partial charge in [0.2, 0.25) is 0 Å². The van der Waals surface area contributed by atoms with Crippen LogP contribution in [0.1, 0.15) is 104 Å². The number of halogens is 4. The third-order valence-corrected chi connectivity index (χ3v) is 12.3. The molecule has 2 N–H and O–H groups in total. The lowest BCUT2D eigenvalue weighted by Crippen LogP contribution is -2.23. The van der Waals surface area contributed by atoms with E-state index in [1.54, 1.807) is 0 Å². The van der Waals surface area contributed by atoms with Gasteiger partial charge in [-0.05, 0) is 121 Å². The molecule has 6 rings (SSSR count). The number of anilines is 2. The Morgan fingerprint density at radius 2 is 1.03 bits per heavy atom. The fraction of sp³-hybridized carbons (Fsp3) is 0.300. The number of fused-ring (bicyclic) bond motifs is 1. The molecule has 0 bridgehead atoms. The molecule has 1 aliphatic rings. The summed E-state index contributed by atoms with van der Waals surface area (Å²) >= 11 is 27.8. The van der Waals surface area contributed by atoms with Gasteiger partial charge in [-0.2, -0.15) is 0 Å². The molecule has 0 unspecified atom stereocenters. The van der Waals surface area contributed by atoms with Crippen molar-refractivity contribution in [3.05, 3.63) is 162 Å². The second kappa shape index (κ2) is 20.3. The zero-order valence-corrected chi connectivity index (χ0v) is 38.1. The van der Waals surface area contributed by atoms with E-state index < -0.39 is 11.6 Å². The van der Waals surface area contributed by atoms with Gasteiger partial charge >= 0.3 is 5.97 Å². The molecule has 0 amide bonds. The molecule has 0 saturated heterocycles. The SMILES string of the molecule is CCCNc1cc(CC)ccc1C(=CC1(C=C(c2ccc(OCC)cc2)c2ccc(CC)cc2NCCC)OC(=O)c2c(Cl)c(Cl)c(Cl)c(Cl)c21)c1ccc(OCC)cc1. The van der Waals surface area contributed by atoms with Crippen LogP contribution in [0, 0.1) is 0 Å². The first-order chi connectivity index (χ1) is 29.0. The van der Waals surface area contributed by atoms with Gasteiger partial charge in [-0.1, -0.05) is 123 Å². The van der Waals surface area contributed by atoms with E-state index in [2.05, 4.69) is 74.7 Å². The molecule has 314 valence electrons. The largest absolute Gasteiger partial charge is 0.494 e. The zero-order valence-electron chi connectivity index (χ0n) is 35.0. The average molecular weight is 887 g/mol. The Morgan fingerprint density at radius 3 is 1.43 bits per heavy atom. The smallest absolute Gasteiger partial charge is 0.341 e. The number of carbonyl (C=O) groups is 1. The molecular weight excluding hydrogens is 834 g/mol. The van der Waals surface area contributed by atoms with Crippen molar-refractivity contribution >= 4 is 74.9 Å². The van der Waals surface area contributed by atoms with Crippen molar-refractivity contribution in [3.8, 4) is 11.5 Å². The number of ether oxygens (including phenoxy) is 3. The Labute approximate surface area is 374 Å². The maximum Gasteiger partial charge on any atom is 0.341 e. The highest BCUT2D eigenvalue weighted by atomic mass is 35.5. The van der Waals surface area contributed by atoms with Gasteiger partial charge in [-0.25, -0.2) is 4.79 Å². The van der Waals surface area contributed by atoms with Crippen LogP contribution in [0.2, 0.25) is 20.1 Å². The maximum atomic E-state index is 14.5. The van der Waals surface area contributed by atoms with Crippen LogP contribution in [-0.4, -0.2) is 32.3 Å². The van der Waals surface area contributed by atoms with E-state index in [0.29, 0.717) is 18.8 Å². The molecule has 0 radical (unpaired) electrons. The van der Waals surface area contributed by atoms with Crippen LogP contribution < -0.4 is 20.1 Å². The first-order valence-electron chi connectivity index (χ1n) is 20.8. The summed E-state index contributed by atoms with van der Waals surface area (Å²) in [6.07, 6.45) is 7.46. The maximum absolute atomic E-state index is 14.5. The van der Waals surface area contributed by atoms with Crippen LogP contribution >= 0.6 is 46.4 Å². The van der Waals surface area contributed by atoms with Crippen LogP contribution in [-0.2, 0) is 23.2 Å². The van der Waals surface area contributed by atoms with E-state index in [1.165, 1.54) is 11.1 Å². The van der Waals surface area contributed by atoms with E-state index in [4.69, 9.17) is 60.6 Å². The molecule has 0 fully saturated rings. The minimum atomic E-state index is -1.68. The molecule has 1 heterocycles. The van der Waals surface area contributed by atoms with Crippen LogP contribution in [0.5, 0.6) is 11.5 Å². The van der Waals surface area contributed by atoms with Gasteiger partial charge in [0.15, 0.2) is 5.60 Å². The molecule has 5 aromatic carbocycles. The molecule has 6 nitrogen and oxygen atoms in total. The molecule has 10 heteroatoms. The summed E-state index contributed by atoms with van der Waals surface area (Å²) < 4.78 is 18.5. The summed E-state index contributed by atoms with van der Waals surface area (Å²) in [5.74, 6) is 0.779. The monoisotopic (exact) mass is 884 g/mol. The van der Waals surface area contributed by atoms with Crippen LogP contribution in [0.25, 0.3) is 11.1 Å². The minimum absolute atomic E-state index is 0.0204. The minimum Gasteiger partial charge on any atom is -0.494 e. The molecule has 0 atom stereocenters. The lowest BCUT2D eigenvalue weighted by molar-refractivity contribution is 0.0300. The normalized spacial score (nSPS) is 15.1. The second-order valence-corrected chi connectivity index (χ2v) is 16.1. The quantitative estimate of drug-likeness (QED) is 0.0519. The fourth-order valence-corrected chi connectivity index (χ4v) is 8.53. The lowest BCUT2D eigenvalue weighted by Gasteiger charge is -2.28. The van der Waals surface area contributed by atoms with Crippen LogP contribution in [0.3, 0.4) is 0 Å². The number of hydrogen-bond acceptors (Lipinski definition) is 6. The van der Waals surface area contributed by atoms with Crippen molar-refractivity contribution in [1.29, 1.82) is 0 Å². The summed E-state index contributed by atoms with van der Waals surface area (Å²) in [5, 5.41) is 7.37. The van der Waals surface area contributed by atoms with Crippen molar-refractivity contribution in [3.63, 3.8) is 0 Å². The van der Waals surface area contributed by atoms with Gasteiger partial charge in [-0.15, -0.1) is 0 Å². The summed E-state index contributed by atoms with van der Waals surface area (Å²) in [7, 11) is 0. The first kappa shape index (κ1) is 44.9. The third kappa shape index (κ3) is 9.48. The summed E-state index contributed by atoms with van der Waals surface area (Å²) in [6, 6.07) is 28.6. The van der Waals surface area contributed by atoms with Crippen molar-refractivity contribution in [2.75, 3.05) is 36.9 Å². The standard InChI is InChI=1S/C50H52Cl4N2O4/c1-7-25-55-41-27-31(9-3)13-23-37(41)39(33-15-19-35(20-16-33)58-11-5)29-50(44-43(49(57)60-50)45(51)47(53)48(54)46(44)52)30-40(34-17-21-36(22-18-34)59-12-6)38-24-14-32(10-4)28-42(38)56-26-8-2/h13-24,27-30,55-56H,7-12,25-26H2,1-6H3. The number of cyclic esters (lactones) is 1. The highest BCUT2D eigenvalue weighted by molar-refractivity contribution is 6.53. The highest BCUT2D eigenvalue weighted by Crippen LogP contribution is 2.54. The lowest BCUT2D eigenvalue weighted by atomic mass is 9.82. The Morgan fingerprint density at radius 1 is 0.600 bits per heavy atom. The van der Waals surface area contributed by atoms with Gasteiger partial charge in [0.25, 0.3) is 0 Å². The highest BCUT2D eigenvalue weighted by Gasteiger charge is 2.48. The van der Waals surface area contributed by atoms with E-state index >= 15 is 0 Å². The summed E-state index contributed by atoms with van der Waals surface area (Å²) in [5.41, 5.74) is 7.91. The van der Waals surface area contributed by atoms with Gasteiger partial charge in [0.1, 0.15) is 11.5 Å². The molecule has 5 aromatic rings. The van der Waals surface area contributed by atoms with E-state index in [0.717, 1.165) is 95.0 Å². The topological polar surface area (TPSA) is 68.8 Å². The summed E-state index contributed by atoms with van der Waals surface area (Å²) in [6.45, 7) is 15.0. The van der Waals surface area contributed by atoms with Crippen molar-refractivity contribution in [1.82, 2.24) is 0 Å². The third-order valence-electron chi connectivity index (χ3n) is 10.5. The van der Waals surface area contributed by atoms with E-state index in [1.807, 2.05) is 74.5 Å². The van der Waals surface area contributed by atoms with E-state index in [9.17, 15) is 4.79 Å². The molecule has 1 aliphatic heterocycles. The van der Waals surface area contributed by atoms with Gasteiger partial charge in [0, 0.05) is 41.2 Å². The predicted molar refractivity (Wildman–Crippen MR) is 252 cm³/mol. The number of benzene rings is 5. The average Bonchev–Trinajstić information content (AvgIpc) is 3.56. The number of nitrogens with one attached hydrogen (secondary N) is 2. The summed E-state index contributed by atoms with van der Waals surface area (Å²) in [4.78, 5) is 14.5. The zero-order chi connectivity index (χ0) is 43.0. The Bertz CT molecular complexity index is 2270. The molecule has 0 aromatic heterocycles. The molecule has 0 aliphatic carbocycles. The number of hydrogen-bond donors (Lipinski definition) is 2. The molecule has 0 spiro atoms. The Kier molecular flexibility index (Phi) is 15.2. The number of carbonyl (C=O) groups excluding carboxylic acids is 1. The predicted octanol–water partition coefficient (Wildman–Crippen LogP) is 14.5. The molecule has 60 heavy (non-hydrogen) atoms. The Hall–Kier alpha value is -4.59. The van der Waals surface area contributed by atoms with Crippen LogP contribution in [0.15, 0.2) is 97.1 Å². The van der Waals surface area contributed by atoms with Crippen molar-refractivity contribution in [2.24, 2.45) is 0 Å². The van der Waals surface area contributed by atoms with Gasteiger partial charge in [0.05, 0.1) is 38.9 Å². The van der Waals surface area contributed by atoms with Gasteiger partial charge < -0.3 is 24.8 Å². The molecule has 0 saturated carbocycles. The number of rotatable bonds is 18. The van der Waals surface area contributed by atoms with Crippen LogP contribution in [0.4, 0.5) is 11.4 Å². The van der Waals surface area contributed by atoms with Crippen molar-refractivity contribution < 1.29 is 19.0 Å². The van der Waals surface area contributed by atoms with E-state index in [-0.39, 0.29) is 25.7 Å². The number of aryl methyl sites for hydroxylation is 2. The van der Waals surface area contributed by atoms with Gasteiger partial charge in [-0.3, -0.25) is 0 Å². The number of esters is 1.